The van der Waals surface area contributed by atoms with Gasteiger partial charge in [-0.2, -0.15) is 0 Å². The average Bonchev–Trinajstić information content (AvgIpc) is 2.44. The highest BCUT2D eigenvalue weighted by molar-refractivity contribution is 5.95. The fraction of sp³-hybridized carbons (Fsp3) is 0.429. The topological polar surface area (TPSA) is 93.4 Å². The zero-order valence-electron chi connectivity index (χ0n) is 12.0. The lowest BCUT2D eigenvalue weighted by Gasteiger charge is -2.13. The lowest BCUT2D eigenvalue weighted by Crippen LogP contribution is -2.35. The minimum absolute atomic E-state index is 0.103. The second kappa shape index (κ2) is 7.37. The van der Waals surface area contributed by atoms with Gasteiger partial charge < -0.3 is 21.1 Å². The lowest BCUT2D eigenvalue weighted by atomic mass is 10.2. The van der Waals surface area contributed by atoms with E-state index in [1.807, 2.05) is 13.8 Å². The van der Waals surface area contributed by atoms with Crippen molar-refractivity contribution in [3.63, 3.8) is 0 Å². The van der Waals surface area contributed by atoms with Gasteiger partial charge in [0.25, 0.3) is 11.8 Å². The third-order valence-electron chi connectivity index (χ3n) is 2.88. The summed E-state index contributed by atoms with van der Waals surface area (Å²) in [6.07, 6.45) is 0.856. The summed E-state index contributed by atoms with van der Waals surface area (Å²) in [5.74, 6) is -0.0381. The van der Waals surface area contributed by atoms with Crippen molar-refractivity contribution in [3.05, 3.63) is 23.8 Å². The van der Waals surface area contributed by atoms with Crippen molar-refractivity contribution in [1.29, 1.82) is 0 Å². The average molecular weight is 279 g/mol. The molecule has 0 saturated heterocycles. The fourth-order valence-corrected chi connectivity index (χ4v) is 1.53. The maximum absolute atomic E-state index is 11.6. The van der Waals surface area contributed by atoms with Gasteiger partial charge in [0, 0.05) is 18.7 Å². The molecule has 0 saturated carbocycles. The van der Waals surface area contributed by atoms with Gasteiger partial charge in [0.05, 0.1) is 5.69 Å². The number of hydrogen-bond donors (Lipinski definition) is 3. The van der Waals surface area contributed by atoms with E-state index in [0.717, 1.165) is 6.42 Å². The summed E-state index contributed by atoms with van der Waals surface area (Å²) >= 11 is 0. The van der Waals surface area contributed by atoms with E-state index in [0.29, 0.717) is 17.0 Å². The van der Waals surface area contributed by atoms with Crippen LogP contribution in [-0.2, 0) is 4.79 Å². The molecule has 0 aromatic heterocycles. The molecule has 1 rings (SSSR count). The molecule has 1 unspecified atom stereocenters. The second-order valence-electron chi connectivity index (χ2n) is 4.50. The van der Waals surface area contributed by atoms with E-state index < -0.39 is 0 Å². The smallest absolute Gasteiger partial charge is 0.258 e. The van der Waals surface area contributed by atoms with Crippen LogP contribution in [0.5, 0.6) is 5.75 Å². The van der Waals surface area contributed by atoms with Gasteiger partial charge in [-0.3, -0.25) is 9.59 Å². The summed E-state index contributed by atoms with van der Waals surface area (Å²) in [5.41, 5.74) is 6.56. The number of nitrogens with one attached hydrogen (secondary N) is 2. The molecule has 4 N–H and O–H groups in total. The molecular weight excluding hydrogens is 258 g/mol. The molecule has 2 amide bonds. The number of ether oxygens (including phenoxy) is 1. The molecule has 0 bridgehead atoms. The number of hydrogen-bond acceptors (Lipinski definition) is 4. The van der Waals surface area contributed by atoms with E-state index in [4.69, 9.17) is 10.5 Å². The Balaban J connectivity index is 2.61. The maximum Gasteiger partial charge on any atom is 0.258 e. The molecule has 1 atom stereocenters. The van der Waals surface area contributed by atoms with E-state index in [1.165, 1.54) is 6.07 Å². The molecule has 6 nitrogen and oxygen atoms in total. The first-order valence-corrected chi connectivity index (χ1v) is 6.51. The van der Waals surface area contributed by atoms with Crippen LogP contribution in [0.25, 0.3) is 0 Å². The Morgan fingerprint density at radius 3 is 2.65 bits per heavy atom. The molecule has 6 heteroatoms. The van der Waals surface area contributed by atoms with E-state index in [1.54, 1.807) is 19.2 Å². The summed E-state index contributed by atoms with van der Waals surface area (Å²) in [6, 6.07) is 4.80. The van der Waals surface area contributed by atoms with Crippen LogP contribution in [0.4, 0.5) is 5.69 Å². The standard InChI is InChI=1S/C14H21N3O3/c1-4-9(2)17-13(18)8-20-12-6-5-10(7-11(12)15)14(19)16-3/h5-7,9H,4,8,15H2,1-3H3,(H,16,19)(H,17,18). The predicted molar refractivity (Wildman–Crippen MR) is 77.6 cm³/mol. The van der Waals surface area contributed by atoms with Crippen molar-refractivity contribution in [3.8, 4) is 5.75 Å². The van der Waals surface area contributed by atoms with E-state index in [9.17, 15) is 9.59 Å². The number of rotatable bonds is 6. The molecule has 1 aromatic rings. The van der Waals surface area contributed by atoms with Crippen molar-refractivity contribution < 1.29 is 14.3 Å². The molecule has 0 aliphatic rings. The summed E-state index contributed by atoms with van der Waals surface area (Å²) in [5, 5.41) is 5.30. The molecule has 110 valence electrons. The number of carbonyl (C=O) groups is 2. The van der Waals surface area contributed by atoms with Gasteiger partial charge in [-0.05, 0) is 31.5 Å². The summed E-state index contributed by atoms with van der Waals surface area (Å²) in [4.78, 5) is 23.0. The summed E-state index contributed by atoms with van der Waals surface area (Å²) < 4.78 is 5.34. The van der Waals surface area contributed by atoms with Gasteiger partial charge in [0.2, 0.25) is 0 Å². The number of carbonyl (C=O) groups excluding carboxylic acids is 2. The van der Waals surface area contributed by atoms with E-state index >= 15 is 0 Å². The Morgan fingerprint density at radius 1 is 1.40 bits per heavy atom. The molecule has 0 heterocycles. The lowest BCUT2D eigenvalue weighted by molar-refractivity contribution is -0.123. The van der Waals surface area contributed by atoms with Crippen LogP contribution in [0.15, 0.2) is 18.2 Å². The van der Waals surface area contributed by atoms with Crippen molar-refractivity contribution in [1.82, 2.24) is 10.6 Å². The summed E-state index contributed by atoms with van der Waals surface area (Å²) in [6.45, 7) is 3.81. The molecule has 0 aliphatic carbocycles. The third-order valence-corrected chi connectivity index (χ3v) is 2.88. The second-order valence-corrected chi connectivity index (χ2v) is 4.50. The van der Waals surface area contributed by atoms with Crippen molar-refractivity contribution in [2.45, 2.75) is 26.3 Å². The molecule has 0 radical (unpaired) electrons. The minimum Gasteiger partial charge on any atom is -0.482 e. The van der Waals surface area contributed by atoms with Crippen molar-refractivity contribution in [2.24, 2.45) is 0 Å². The van der Waals surface area contributed by atoms with Gasteiger partial charge in [0.1, 0.15) is 5.75 Å². The maximum atomic E-state index is 11.6. The fourth-order valence-electron chi connectivity index (χ4n) is 1.53. The minimum atomic E-state index is -0.224. The summed E-state index contributed by atoms with van der Waals surface area (Å²) in [7, 11) is 1.54. The Labute approximate surface area is 118 Å². The first-order chi connectivity index (χ1) is 9.47. The Bertz CT molecular complexity index is 489. The first-order valence-electron chi connectivity index (χ1n) is 6.51. The zero-order valence-corrected chi connectivity index (χ0v) is 12.0. The van der Waals surface area contributed by atoms with Gasteiger partial charge >= 0.3 is 0 Å². The first kappa shape index (κ1) is 15.8. The quantitative estimate of drug-likeness (QED) is 0.675. The molecule has 0 spiro atoms. The Morgan fingerprint density at radius 2 is 2.10 bits per heavy atom. The van der Waals surface area contributed by atoms with Crippen LogP contribution in [0.3, 0.4) is 0 Å². The zero-order chi connectivity index (χ0) is 15.1. The number of amides is 2. The molecule has 0 aliphatic heterocycles. The largest absolute Gasteiger partial charge is 0.482 e. The monoisotopic (exact) mass is 279 g/mol. The van der Waals surface area contributed by atoms with Crippen LogP contribution in [0.1, 0.15) is 30.6 Å². The normalized spacial score (nSPS) is 11.6. The van der Waals surface area contributed by atoms with Gasteiger partial charge in [-0.1, -0.05) is 6.92 Å². The van der Waals surface area contributed by atoms with Gasteiger partial charge in [-0.15, -0.1) is 0 Å². The van der Waals surface area contributed by atoms with Crippen LogP contribution in [-0.4, -0.2) is 31.5 Å². The van der Waals surface area contributed by atoms with Gasteiger partial charge in [-0.25, -0.2) is 0 Å². The predicted octanol–water partition coefficient (Wildman–Crippen LogP) is 0.922. The van der Waals surface area contributed by atoms with Crippen LogP contribution in [0.2, 0.25) is 0 Å². The highest BCUT2D eigenvalue weighted by Crippen LogP contribution is 2.22. The van der Waals surface area contributed by atoms with Crippen LogP contribution < -0.4 is 21.1 Å². The van der Waals surface area contributed by atoms with Crippen LogP contribution >= 0.6 is 0 Å². The number of anilines is 1. The molecule has 0 fully saturated rings. The highest BCUT2D eigenvalue weighted by atomic mass is 16.5. The van der Waals surface area contributed by atoms with Crippen LogP contribution in [0, 0.1) is 0 Å². The van der Waals surface area contributed by atoms with Gasteiger partial charge in [0.15, 0.2) is 6.61 Å². The molecular formula is C14H21N3O3. The number of nitrogens with two attached hydrogens (primary N) is 1. The van der Waals surface area contributed by atoms with E-state index in [-0.39, 0.29) is 24.5 Å². The number of nitrogen functional groups attached to an aromatic ring is 1. The molecule has 1 aromatic carbocycles. The highest BCUT2D eigenvalue weighted by Gasteiger charge is 2.10. The van der Waals surface area contributed by atoms with Crippen molar-refractivity contribution in [2.75, 3.05) is 19.4 Å². The Kier molecular flexibility index (Phi) is 5.83. The van der Waals surface area contributed by atoms with E-state index in [2.05, 4.69) is 10.6 Å². The number of benzene rings is 1. The third kappa shape index (κ3) is 4.46. The molecule has 20 heavy (non-hydrogen) atoms. The Hall–Kier alpha value is -2.24. The SMILES string of the molecule is CCC(C)NC(=O)COc1ccc(C(=O)NC)cc1N. The van der Waals surface area contributed by atoms with Crippen molar-refractivity contribution >= 4 is 17.5 Å².